The maximum atomic E-state index is 12.0. The Kier molecular flexibility index (Phi) is 4.22. The Labute approximate surface area is 128 Å². The molecule has 0 spiro atoms. The fourth-order valence-electron chi connectivity index (χ4n) is 2.37. The Morgan fingerprint density at radius 3 is 2.50 bits per heavy atom. The molecular formula is C15H18N6O. The average Bonchev–Trinajstić information content (AvgIpc) is 2.57. The molecule has 0 saturated carbocycles. The maximum Gasteiger partial charge on any atom is 0.275 e. The van der Waals surface area contributed by atoms with E-state index in [0.717, 1.165) is 31.8 Å². The van der Waals surface area contributed by atoms with Gasteiger partial charge in [-0.05, 0) is 18.8 Å². The number of carbonyl (C=O) groups excluding carboxylic acids is 1. The summed E-state index contributed by atoms with van der Waals surface area (Å²) >= 11 is 0. The van der Waals surface area contributed by atoms with Gasteiger partial charge in [0.25, 0.3) is 5.91 Å². The Balaban J connectivity index is 1.63. The van der Waals surface area contributed by atoms with Gasteiger partial charge in [0.1, 0.15) is 5.69 Å². The minimum atomic E-state index is -0.323. The molecule has 2 aromatic rings. The number of anilines is 2. The lowest BCUT2D eigenvalue weighted by Crippen LogP contribution is -2.34. The van der Waals surface area contributed by atoms with Crippen molar-refractivity contribution in [2.75, 3.05) is 23.3 Å². The van der Waals surface area contributed by atoms with Gasteiger partial charge >= 0.3 is 0 Å². The highest BCUT2D eigenvalue weighted by Crippen LogP contribution is 2.20. The van der Waals surface area contributed by atoms with Crippen LogP contribution in [0.5, 0.6) is 0 Å². The van der Waals surface area contributed by atoms with E-state index in [1.54, 1.807) is 12.4 Å². The lowest BCUT2D eigenvalue weighted by Gasteiger charge is -2.30. The number of nitrogens with one attached hydrogen (secondary N) is 1. The topological polar surface area (TPSA) is 83.9 Å². The third kappa shape index (κ3) is 3.36. The van der Waals surface area contributed by atoms with Crippen LogP contribution >= 0.6 is 0 Å². The number of hydrogen-bond donors (Lipinski definition) is 1. The third-order valence-corrected chi connectivity index (χ3v) is 3.76. The summed E-state index contributed by atoms with van der Waals surface area (Å²) in [6, 6.07) is 0. The molecule has 0 unspecified atom stereocenters. The van der Waals surface area contributed by atoms with Gasteiger partial charge in [-0.2, -0.15) is 0 Å². The summed E-state index contributed by atoms with van der Waals surface area (Å²) in [5, 5.41) is 2.71. The molecular weight excluding hydrogens is 280 g/mol. The van der Waals surface area contributed by atoms with E-state index < -0.39 is 0 Å². The van der Waals surface area contributed by atoms with Crippen molar-refractivity contribution in [1.29, 1.82) is 0 Å². The number of nitrogens with zero attached hydrogens (tertiary/aromatic N) is 5. The molecule has 1 aliphatic heterocycles. The second-order valence-corrected chi connectivity index (χ2v) is 5.49. The Hall–Kier alpha value is -2.57. The second-order valence-electron chi connectivity index (χ2n) is 5.49. The van der Waals surface area contributed by atoms with Crippen LogP contribution in [0.1, 0.15) is 30.3 Å². The monoisotopic (exact) mass is 298 g/mol. The number of carbonyl (C=O) groups is 1. The van der Waals surface area contributed by atoms with Crippen LogP contribution in [0.4, 0.5) is 11.6 Å². The fraction of sp³-hybridized carbons (Fsp3) is 0.400. The molecule has 7 nitrogen and oxygen atoms in total. The molecule has 0 radical (unpaired) electrons. The number of amides is 1. The van der Waals surface area contributed by atoms with Crippen molar-refractivity contribution in [2.45, 2.75) is 19.8 Å². The molecule has 7 heteroatoms. The van der Waals surface area contributed by atoms with Gasteiger partial charge in [0.2, 0.25) is 5.95 Å². The van der Waals surface area contributed by atoms with Gasteiger partial charge in [-0.3, -0.25) is 9.78 Å². The highest BCUT2D eigenvalue weighted by molar-refractivity contribution is 6.02. The van der Waals surface area contributed by atoms with Crippen molar-refractivity contribution in [3.63, 3.8) is 0 Å². The largest absolute Gasteiger partial charge is 0.341 e. The quantitative estimate of drug-likeness (QED) is 0.929. The zero-order chi connectivity index (χ0) is 15.4. The standard InChI is InChI=1S/C15H18N6O/c1-11-2-6-21(7-3-11)15-18-8-12(9-19-15)20-14(22)13-10-16-4-5-17-13/h4-5,8-11H,2-3,6-7H2,1H3,(H,20,22). The summed E-state index contributed by atoms with van der Waals surface area (Å²) in [7, 11) is 0. The first-order valence-corrected chi connectivity index (χ1v) is 7.37. The van der Waals surface area contributed by atoms with E-state index in [-0.39, 0.29) is 11.6 Å². The lowest BCUT2D eigenvalue weighted by molar-refractivity contribution is 0.102. The van der Waals surface area contributed by atoms with E-state index in [9.17, 15) is 4.79 Å². The van der Waals surface area contributed by atoms with E-state index in [2.05, 4.69) is 37.1 Å². The van der Waals surface area contributed by atoms with Crippen LogP contribution in [0.25, 0.3) is 0 Å². The predicted molar refractivity (Wildman–Crippen MR) is 82.6 cm³/mol. The van der Waals surface area contributed by atoms with Gasteiger partial charge < -0.3 is 10.2 Å². The van der Waals surface area contributed by atoms with Crippen LogP contribution in [-0.2, 0) is 0 Å². The second kappa shape index (κ2) is 6.46. The summed E-state index contributed by atoms with van der Waals surface area (Å²) in [4.78, 5) is 30.6. The highest BCUT2D eigenvalue weighted by Gasteiger charge is 2.18. The van der Waals surface area contributed by atoms with Crippen LogP contribution in [-0.4, -0.2) is 38.9 Å². The van der Waals surface area contributed by atoms with E-state index in [4.69, 9.17) is 0 Å². The van der Waals surface area contributed by atoms with Gasteiger partial charge in [0, 0.05) is 25.5 Å². The molecule has 0 bridgehead atoms. The van der Waals surface area contributed by atoms with Crippen LogP contribution < -0.4 is 10.2 Å². The van der Waals surface area contributed by atoms with Crippen molar-refractivity contribution in [1.82, 2.24) is 19.9 Å². The molecule has 3 rings (SSSR count). The van der Waals surface area contributed by atoms with Gasteiger partial charge in [-0.1, -0.05) is 6.92 Å². The van der Waals surface area contributed by atoms with Crippen molar-refractivity contribution < 1.29 is 4.79 Å². The van der Waals surface area contributed by atoms with Crippen LogP contribution in [0.3, 0.4) is 0 Å². The zero-order valence-corrected chi connectivity index (χ0v) is 12.4. The first kappa shape index (κ1) is 14.4. The van der Waals surface area contributed by atoms with Gasteiger partial charge in [0.15, 0.2) is 0 Å². The molecule has 1 saturated heterocycles. The Morgan fingerprint density at radius 1 is 1.14 bits per heavy atom. The minimum absolute atomic E-state index is 0.261. The van der Waals surface area contributed by atoms with Crippen LogP contribution in [0, 0.1) is 5.92 Å². The molecule has 1 amide bonds. The van der Waals surface area contributed by atoms with E-state index in [1.807, 2.05) is 0 Å². The molecule has 1 N–H and O–H groups in total. The molecule has 0 atom stereocenters. The summed E-state index contributed by atoms with van der Waals surface area (Å²) in [5.41, 5.74) is 0.807. The molecule has 22 heavy (non-hydrogen) atoms. The number of rotatable bonds is 3. The first-order valence-electron chi connectivity index (χ1n) is 7.37. The maximum absolute atomic E-state index is 12.0. The molecule has 1 fully saturated rings. The van der Waals surface area contributed by atoms with E-state index >= 15 is 0 Å². The lowest BCUT2D eigenvalue weighted by atomic mass is 10.00. The first-order chi connectivity index (χ1) is 10.7. The van der Waals surface area contributed by atoms with Crippen molar-refractivity contribution >= 4 is 17.5 Å². The Bertz CT molecular complexity index is 622. The van der Waals surface area contributed by atoms with E-state index in [1.165, 1.54) is 18.6 Å². The molecule has 2 aromatic heterocycles. The summed E-state index contributed by atoms with van der Waals surface area (Å²) in [5.74, 6) is 1.16. The molecule has 1 aliphatic rings. The molecule has 0 aliphatic carbocycles. The summed E-state index contributed by atoms with van der Waals surface area (Å²) < 4.78 is 0. The predicted octanol–water partition coefficient (Wildman–Crippen LogP) is 1.76. The smallest absolute Gasteiger partial charge is 0.275 e. The molecule has 114 valence electrons. The molecule has 3 heterocycles. The van der Waals surface area contributed by atoms with Gasteiger partial charge in [-0.25, -0.2) is 15.0 Å². The van der Waals surface area contributed by atoms with Gasteiger partial charge in [-0.15, -0.1) is 0 Å². The Morgan fingerprint density at radius 2 is 1.86 bits per heavy atom. The van der Waals surface area contributed by atoms with Crippen LogP contribution in [0.15, 0.2) is 31.0 Å². The summed E-state index contributed by atoms with van der Waals surface area (Å²) in [6.07, 6.45) is 9.98. The number of piperidine rings is 1. The average molecular weight is 298 g/mol. The molecule has 0 aromatic carbocycles. The SMILES string of the molecule is CC1CCN(c2ncc(NC(=O)c3cnccn3)cn2)CC1. The number of hydrogen-bond acceptors (Lipinski definition) is 6. The summed E-state index contributed by atoms with van der Waals surface area (Å²) in [6.45, 7) is 4.22. The normalized spacial score (nSPS) is 15.6. The van der Waals surface area contributed by atoms with Crippen molar-refractivity contribution in [2.24, 2.45) is 5.92 Å². The van der Waals surface area contributed by atoms with Gasteiger partial charge in [0.05, 0.1) is 24.3 Å². The van der Waals surface area contributed by atoms with Crippen LogP contribution in [0.2, 0.25) is 0 Å². The van der Waals surface area contributed by atoms with Crippen molar-refractivity contribution in [3.05, 3.63) is 36.7 Å². The van der Waals surface area contributed by atoms with E-state index in [0.29, 0.717) is 11.6 Å². The minimum Gasteiger partial charge on any atom is -0.341 e. The number of aromatic nitrogens is 4. The third-order valence-electron chi connectivity index (χ3n) is 3.76. The van der Waals surface area contributed by atoms with Crippen molar-refractivity contribution in [3.8, 4) is 0 Å². The highest BCUT2D eigenvalue weighted by atomic mass is 16.1. The zero-order valence-electron chi connectivity index (χ0n) is 12.4. The fourth-order valence-corrected chi connectivity index (χ4v) is 2.37.